The molecule has 0 bridgehead atoms. The van der Waals surface area contributed by atoms with E-state index in [4.69, 9.17) is 0 Å². The lowest BCUT2D eigenvalue weighted by atomic mass is 9.95. The fourth-order valence-corrected chi connectivity index (χ4v) is 4.07. The Bertz CT molecular complexity index is 550. The van der Waals surface area contributed by atoms with Gasteiger partial charge in [0.15, 0.2) is 0 Å². The Morgan fingerprint density at radius 3 is 2.38 bits per heavy atom. The maximum atomic E-state index is 12.0. The lowest BCUT2D eigenvalue weighted by Gasteiger charge is -2.28. The standard InChI is InChI=1S/C14H23N3O2S2/c1-17(2)21(18,19)13-8-9-14(15-10-13)16-11-4-6-12(20-3)7-5-11/h8-12H,4-7H2,1-3H3,(H,15,16). The molecule has 0 unspecified atom stereocenters. The Hall–Kier alpha value is -0.790. The van der Waals surface area contributed by atoms with Gasteiger partial charge in [0, 0.05) is 31.6 Å². The molecule has 0 amide bonds. The van der Waals surface area contributed by atoms with Crippen LogP contribution in [0.3, 0.4) is 0 Å². The van der Waals surface area contributed by atoms with Gasteiger partial charge in [-0.3, -0.25) is 0 Å². The van der Waals surface area contributed by atoms with E-state index < -0.39 is 10.0 Å². The number of hydrogen-bond donors (Lipinski definition) is 1. The molecule has 2 rings (SSSR count). The minimum atomic E-state index is -3.40. The molecule has 0 aromatic carbocycles. The molecular formula is C14H23N3O2S2. The number of sulfonamides is 1. The minimum absolute atomic E-state index is 0.226. The Kier molecular flexibility index (Phi) is 5.51. The smallest absolute Gasteiger partial charge is 0.244 e. The first-order valence-electron chi connectivity index (χ1n) is 7.11. The lowest BCUT2D eigenvalue weighted by Crippen LogP contribution is -2.27. The summed E-state index contributed by atoms with van der Waals surface area (Å²) in [5.74, 6) is 0.750. The van der Waals surface area contributed by atoms with E-state index in [0.717, 1.165) is 23.9 Å². The first-order chi connectivity index (χ1) is 9.93. The normalized spacial score (nSPS) is 23.2. The molecule has 0 spiro atoms. The van der Waals surface area contributed by atoms with Gasteiger partial charge in [-0.2, -0.15) is 11.8 Å². The highest BCUT2D eigenvalue weighted by Crippen LogP contribution is 2.28. The highest BCUT2D eigenvalue weighted by Gasteiger charge is 2.21. The molecule has 21 heavy (non-hydrogen) atoms. The Labute approximate surface area is 131 Å². The monoisotopic (exact) mass is 329 g/mol. The molecule has 1 aromatic rings. The van der Waals surface area contributed by atoms with Gasteiger partial charge < -0.3 is 5.32 Å². The summed E-state index contributed by atoms with van der Waals surface area (Å²) in [5, 5.41) is 4.19. The predicted octanol–water partition coefficient (Wildman–Crippen LogP) is 2.42. The van der Waals surface area contributed by atoms with Crippen LogP contribution in [0.5, 0.6) is 0 Å². The predicted molar refractivity (Wildman–Crippen MR) is 88.3 cm³/mol. The summed E-state index contributed by atoms with van der Waals surface area (Å²) in [6, 6.07) is 3.80. The molecule has 0 radical (unpaired) electrons. The summed E-state index contributed by atoms with van der Waals surface area (Å²) in [5.41, 5.74) is 0. The quantitative estimate of drug-likeness (QED) is 0.899. The zero-order valence-corrected chi connectivity index (χ0v) is 14.4. The third kappa shape index (κ3) is 4.11. The molecule has 1 fully saturated rings. The Morgan fingerprint density at radius 2 is 1.90 bits per heavy atom. The van der Waals surface area contributed by atoms with Crippen LogP contribution in [0.1, 0.15) is 25.7 Å². The summed E-state index contributed by atoms with van der Waals surface area (Å²) in [7, 11) is -0.358. The summed E-state index contributed by atoms with van der Waals surface area (Å²) in [4.78, 5) is 4.46. The molecule has 1 N–H and O–H groups in total. The van der Waals surface area contributed by atoms with Crippen molar-refractivity contribution in [2.45, 2.75) is 41.9 Å². The van der Waals surface area contributed by atoms with Crippen LogP contribution in [-0.4, -0.2) is 49.3 Å². The number of aromatic nitrogens is 1. The van der Waals surface area contributed by atoms with Crippen LogP contribution in [0, 0.1) is 0 Å². The molecule has 7 heteroatoms. The van der Waals surface area contributed by atoms with Crippen molar-refractivity contribution in [2.24, 2.45) is 0 Å². The summed E-state index contributed by atoms with van der Waals surface area (Å²) in [6.45, 7) is 0. The zero-order chi connectivity index (χ0) is 15.5. The number of hydrogen-bond acceptors (Lipinski definition) is 5. The molecule has 0 saturated heterocycles. The van der Waals surface area contributed by atoms with Crippen LogP contribution in [-0.2, 0) is 10.0 Å². The van der Waals surface area contributed by atoms with E-state index in [0.29, 0.717) is 6.04 Å². The average Bonchev–Trinajstić information content (AvgIpc) is 2.48. The van der Waals surface area contributed by atoms with Gasteiger partial charge in [0.05, 0.1) is 0 Å². The van der Waals surface area contributed by atoms with Gasteiger partial charge >= 0.3 is 0 Å². The molecule has 0 atom stereocenters. The van der Waals surface area contributed by atoms with E-state index in [9.17, 15) is 8.42 Å². The van der Waals surface area contributed by atoms with Crippen LogP contribution >= 0.6 is 11.8 Å². The summed E-state index contributed by atoms with van der Waals surface area (Å²) in [6.07, 6.45) is 8.34. The van der Waals surface area contributed by atoms with E-state index in [-0.39, 0.29) is 4.90 Å². The van der Waals surface area contributed by atoms with Crippen LogP contribution in [0.15, 0.2) is 23.2 Å². The molecule has 1 aliphatic rings. The molecule has 0 aliphatic heterocycles. The van der Waals surface area contributed by atoms with Crippen molar-refractivity contribution in [1.82, 2.24) is 9.29 Å². The zero-order valence-electron chi connectivity index (χ0n) is 12.7. The first kappa shape index (κ1) is 16.6. The molecule has 1 saturated carbocycles. The van der Waals surface area contributed by atoms with Crippen molar-refractivity contribution in [3.63, 3.8) is 0 Å². The number of thioether (sulfide) groups is 1. The van der Waals surface area contributed by atoms with Crippen molar-refractivity contribution < 1.29 is 8.42 Å². The van der Waals surface area contributed by atoms with Crippen LogP contribution in [0.25, 0.3) is 0 Å². The number of pyridine rings is 1. The third-order valence-corrected chi connectivity index (χ3v) is 6.81. The Balaban J connectivity index is 1.97. The van der Waals surface area contributed by atoms with E-state index in [1.807, 2.05) is 11.8 Å². The van der Waals surface area contributed by atoms with Gasteiger partial charge in [0.1, 0.15) is 10.7 Å². The van der Waals surface area contributed by atoms with Gasteiger partial charge in [-0.1, -0.05) is 0 Å². The van der Waals surface area contributed by atoms with E-state index >= 15 is 0 Å². The van der Waals surface area contributed by atoms with Gasteiger partial charge in [-0.25, -0.2) is 17.7 Å². The summed E-state index contributed by atoms with van der Waals surface area (Å²) < 4.78 is 25.1. The molecule has 5 nitrogen and oxygen atoms in total. The fourth-order valence-electron chi connectivity index (χ4n) is 2.48. The lowest BCUT2D eigenvalue weighted by molar-refractivity contribution is 0.472. The fraction of sp³-hybridized carbons (Fsp3) is 0.643. The van der Waals surface area contributed by atoms with Crippen molar-refractivity contribution in [3.8, 4) is 0 Å². The molecule has 1 aliphatic carbocycles. The SMILES string of the molecule is CSC1CCC(Nc2ccc(S(=O)(=O)N(C)C)cn2)CC1. The van der Waals surface area contributed by atoms with Crippen LogP contribution < -0.4 is 5.32 Å². The Morgan fingerprint density at radius 1 is 1.24 bits per heavy atom. The number of nitrogens with zero attached hydrogens (tertiary/aromatic N) is 2. The van der Waals surface area contributed by atoms with E-state index in [1.54, 1.807) is 12.1 Å². The number of anilines is 1. The van der Waals surface area contributed by atoms with Crippen LogP contribution in [0.2, 0.25) is 0 Å². The molecule has 118 valence electrons. The largest absolute Gasteiger partial charge is 0.367 e. The third-order valence-electron chi connectivity index (χ3n) is 3.87. The average molecular weight is 329 g/mol. The maximum Gasteiger partial charge on any atom is 0.244 e. The number of nitrogens with one attached hydrogen (secondary N) is 1. The van der Waals surface area contributed by atoms with Gasteiger partial charge in [0.25, 0.3) is 0 Å². The van der Waals surface area contributed by atoms with E-state index in [1.165, 1.54) is 37.4 Å². The van der Waals surface area contributed by atoms with Crippen molar-refractivity contribution >= 4 is 27.6 Å². The number of rotatable bonds is 5. The second-order valence-electron chi connectivity index (χ2n) is 5.52. The van der Waals surface area contributed by atoms with E-state index in [2.05, 4.69) is 16.6 Å². The molecular weight excluding hydrogens is 306 g/mol. The minimum Gasteiger partial charge on any atom is -0.367 e. The van der Waals surface area contributed by atoms with Crippen molar-refractivity contribution in [1.29, 1.82) is 0 Å². The highest BCUT2D eigenvalue weighted by atomic mass is 32.2. The topological polar surface area (TPSA) is 62.3 Å². The van der Waals surface area contributed by atoms with Crippen molar-refractivity contribution in [3.05, 3.63) is 18.3 Å². The van der Waals surface area contributed by atoms with Gasteiger partial charge in [-0.05, 0) is 44.1 Å². The van der Waals surface area contributed by atoms with Gasteiger partial charge in [-0.15, -0.1) is 0 Å². The highest BCUT2D eigenvalue weighted by molar-refractivity contribution is 7.99. The maximum absolute atomic E-state index is 12.0. The second kappa shape index (κ2) is 6.98. The summed E-state index contributed by atoms with van der Waals surface area (Å²) >= 11 is 1.95. The first-order valence-corrected chi connectivity index (χ1v) is 9.84. The second-order valence-corrected chi connectivity index (χ2v) is 8.81. The molecule has 1 heterocycles. The van der Waals surface area contributed by atoms with Crippen LogP contribution in [0.4, 0.5) is 5.82 Å². The van der Waals surface area contributed by atoms with Gasteiger partial charge in [0.2, 0.25) is 10.0 Å². The molecule has 1 aromatic heterocycles. The van der Waals surface area contributed by atoms with Crippen molar-refractivity contribution in [2.75, 3.05) is 25.7 Å².